The molecule has 0 aliphatic heterocycles. The van der Waals surface area contributed by atoms with E-state index in [1.165, 1.54) is 37.1 Å². The summed E-state index contributed by atoms with van der Waals surface area (Å²) in [4.78, 5) is 2.55. The summed E-state index contributed by atoms with van der Waals surface area (Å²) in [5.74, 6) is 0. The van der Waals surface area contributed by atoms with E-state index in [9.17, 15) is 0 Å². The number of benzene rings is 1. The summed E-state index contributed by atoms with van der Waals surface area (Å²) in [7, 11) is 0. The van der Waals surface area contributed by atoms with Crippen LogP contribution in [0.15, 0.2) is 24.3 Å². The lowest BCUT2D eigenvalue weighted by molar-refractivity contribution is 0.266. The molecule has 0 aliphatic rings. The van der Waals surface area contributed by atoms with E-state index < -0.39 is 0 Å². The van der Waals surface area contributed by atoms with Crippen molar-refractivity contribution in [1.82, 2.24) is 10.2 Å². The summed E-state index contributed by atoms with van der Waals surface area (Å²) in [6.45, 7) is 13.5. The zero-order valence-corrected chi connectivity index (χ0v) is 13.8. The summed E-state index contributed by atoms with van der Waals surface area (Å²) in [5.41, 5.74) is 2.87. The number of nitrogens with one attached hydrogen (secondary N) is 1. The van der Waals surface area contributed by atoms with Gasteiger partial charge in [0.25, 0.3) is 0 Å². The van der Waals surface area contributed by atoms with Gasteiger partial charge in [0.15, 0.2) is 0 Å². The van der Waals surface area contributed by atoms with Crippen LogP contribution in [0.3, 0.4) is 0 Å². The van der Waals surface area contributed by atoms with Crippen LogP contribution in [0.1, 0.15) is 51.7 Å². The Hall–Kier alpha value is -0.860. The molecule has 1 rings (SSSR count). The van der Waals surface area contributed by atoms with Crippen molar-refractivity contribution in [3.8, 4) is 0 Å². The van der Waals surface area contributed by atoms with Crippen LogP contribution in [0.5, 0.6) is 0 Å². The van der Waals surface area contributed by atoms with Crippen LogP contribution in [-0.4, -0.2) is 30.6 Å². The predicted molar refractivity (Wildman–Crippen MR) is 89.1 cm³/mol. The van der Waals surface area contributed by atoms with Crippen LogP contribution in [0.2, 0.25) is 0 Å². The number of nitrogens with zero attached hydrogens (tertiary/aromatic N) is 1. The molecule has 0 radical (unpaired) electrons. The van der Waals surface area contributed by atoms with Crippen LogP contribution >= 0.6 is 0 Å². The lowest BCUT2D eigenvalue weighted by Gasteiger charge is -2.21. The van der Waals surface area contributed by atoms with Crippen LogP contribution in [0.25, 0.3) is 0 Å². The third kappa shape index (κ3) is 7.06. The molecule has 0 atom stereocenters. The van der Waals surface area contributed by atoms with Crippen molar-refractivity contribution in [3.63, 3.8) is 0 Å². The van der Waals surface area contributed by atoms with Crippen LogP contribution in [0, 0.1) is 0 Å². The fraction of sp³-hybridized carbons (Fsp3) is 0.667. The molecule has 0 unspecified atom stereocenters. The summed E-state index contributed by atoms with van der Waals surface area (Å²) in [6, 6.07) is 9.73. The van der Waals surface area contributed by atoms with Crippen molar-refractivity contribution in [3.05, 3.63) is 35.4 Å². The third-order valence-electron chi connectivity index (χ3n) is 3.48. The lowest BCUT2D eigenvalue weighted by atomic mass is 10.1. The summed E-state index contributed by atoms with van der Waals surface area (Å²) >= 11 is 0. The van der Waals surface area contributed by atoms with Crippen molar-refractivity contribution in [2.24, 2.45) is 0 Å². The molecule has 2 nitrogen and oxygen atoms in total. The monoisotopic (exact) mass is 276 g/mol. The Morgan fingerprint density at radius 3 is 2.00 bits per heavy atom. The van der Waals surface area contributed by atoms with E-state index in [1.54, 1.807) is 0 Å². The molecule has 0 heterocycles. The van der Waals surface area contributed by atoms with Gasteiger partial charge in [-0.3, -0.25) is 4.90 Å². The fourth-order valence-corrected chi connectivity index (χ4v) is 2.48. The molecule has 0 saturated heterocycles. The highest BCUT2D eigenvalue weighted by Crippen LogP contribution is 2.09. The van der Waals surface area contributed by atoms with Gasteiger partial charge in [-0.1, -0.05) is 52.0 Å². The second-order valence-electron chi connectivity index (χ2n) is 5.95. The first-order valence-electron chi connectivity index (χ1n) is 8.19. The van der Waals surface area contributed by atoms with Gasteiger partial charge >= 0.3 is 0 Å². The lowest BCUT2D eigenvalue weighted by Crippen LogP contribution is -2.25. The summed E-state index contributed by atoms with van der Waals surface area (Å²) in [5, 5.41) is 3.47. The molecule has 20 heavy (non-hydrogen) atoms. The minimum Gasteiger partial charge on any atom is -0.314 e. The van der Waals surface area contributed by atoms with Gasteiger partial charge in [0.2, 0.25) is 0 Å². The Kier molecular flexibility index (Phi) is 8.56. The van der Waals surface area contributed by atoms with E-state index in [-0.39, 0.29) is 0 Å². The zero-order chi connectivity index (χ0) is 14.8. The van der Waals surface area contributed by atoms with Gasteiger partial charge in [-0.25, -0.2) is 0 Å². The van der Waals surface area contributed by atoms with E-state index in [0.29, 0.717) is 6.04 Å². The van der Waals surface area contributed by atoms with E-state index in [1.807, 2.05) is 0 Å². The Bertz CT molecular complexity index is 337. The van der Waals surface area contributed by atoms with Gasteiger partial charge in [-0.05, 0) is 50.0 Å². The zero-order valence-electron chi connectivity index (χ0n) is 13.8. The molecule has 0 amide bonds. The van der Waals surface area contributed by atoms with E-state index >= 15 is 0 Å². The average Bonchev–Trinajstić information content (AvgIpc) is 2.41. The number of rotatable bonds is 10. The maximum Gasteiger partial charge on any atom is 0.0233 e. The molecule has 1 aromatic carbocycles. The molecule has 0 saturated carbocycles. The largest absolute Gasteiger partial charge is 0.314 e. The minimum absolute atomic E-state index is 0.575. The second-order valence-corrected chi connectivity index (χ2v) is 5.95. The smallest absolute Gasteiger partial charge is 0.0233 e. The molecule has 0 aromatic heterocycles. The molecule has 1 aromatic rings. The van der Waals surface area contributed by atoms with Crippen molar-refractivity contribution >= 4 is 0 Å². The fourth-order valence-electron chi connectivity index (χ4n) is 2.48. The topological polar surface area (TPSA) is 15.3 Å². The third-order valence-corrected chi connectivity index (χ3v) is 3.48. The SMILES string of the molecule is CCCN(CCC)Cc1ccc(CCNC(C)C)cc1. The molecular weight excluding hydrogens is 244 g/mol. The van der Waals surface area contributed by atoms with Crippen molar-refractivity contribution in [1.29, 1.82) is 0 Å². The minimum atomic E-state index is 0.575. The molecule has 1 N–H and O–H groups in total. The Morgan fingerprint density at radius 1 is 0.950 bits per heavy atom. The number of hydrogen-bond acceptors (Lipinski definition) is 2. The van der Waals surface area contributed by atoms with Gasteiger partial charge in [-0.2, -0.15) is 0 Å². The second kappa shape index (κ2) is 9.95. The van der Waals surface area contributed by atoms with E-state index in [4.69, 9.17) is 0 Å². The number of hydrogen-bond donors (Lipinski definition) is 1. The van der Waals surface area contributed by atoms with Crippen LogP contribution in [0.4, 0.5) is 0 Å². The Morgan fingerprint density at radius 2 is 1.50 bits per heavy atom. The predicted octanol–water partition coefficient (Wildman–Crippen LogP) is 3.85. The van der Waals surface area contributed by atoms with E-state index in [0.717, 1.165) is 19.5 Å². The van der Waals surface area contributed by atoms with Crippen molar-refractivity contribution in [2.45, 2.75) is 59.5 Å². The quantitative estimate of drug-likeness (QED) is 0.698. The maximum absolute atomic E-state index is 3.47. The van der Waals surface area contributed by atoms with Gasteiger partial charge in [0.1, 0.15) is 0 Å². The maximum atomic E-state index is 3.47. The molecule has 2 heteroatoms. The molecule has 114 valence electrons. The van der Waals surface area contributed by atoms with Gasteiger partial charge in [0, 0.05) is 12.6 Å². The van der Waals surface area contributed by atoms with Gasteiger partial charge in [-0.15, -0.1) is 0 Å². The highest BCUT2D eigenvalue weighted by molar-refractivity contribution is 5.22. The highest BCUT2D eigenvalue weighted by atomic mass is 15.1. The normalized spacial score (nSPS) is 11.5. The summed E-state index contributed by atoms with van der Waals surface area (Å²) in [6.07, 6.45) is 3.59. The summed E-state index contributed by atoms with van der Waals surface area (Å²) < 4.78 is 0. The van der Waals surface area contributed by atoms with Crippen molar-refractivity contribution < 1.29 is 0 Å². The Labute approximate surface area is 125 Å². The van der Waals surface area contributed by atoms with Gasteiger partial charge in [0.05, 0.1) is 0 Å². The van der Waals surface area contributed by atoms with Gasteiger partial charge < -0.3 is 5.32 Å². The molecular formula is C18H32N2. The van der Waals surface area contributed by atoms with Crippen molar-refractivity contribution in [2.75, 3.05) is 19.6 Å². The molecule has 0 spiro atoms. The van der Waals surface area contributed by atoms with Crippen LogP contribution in [-0.2, 0) is 13.0 Å². The molecule has 0 bridgehead atoms. The first kappa shape index (κ1) is 17.2. The average molecular weight is 276 g/mol. The molecule has 0 aliphatic carbocycles. The van der Waals surface area contributed by atoms with E-state index in [2.05, 4.69) is 62.2 Å². The molecule has 0 fully saturated rings. The Balaban J connectivity index is 2.44. The van der Waals surface area contributed by atoms with Crippen LogP contribution < -0.4 is 5.32 Å². The highest BCUT2D eigenvalue weighted by Gasteiger charge is 2.04. The first-order chi connectivity index (χ1) is 9.65. The standard InChI is InChI=1S/C18H32N2/c1-5-13-20(14-6-2)15-18-9-7-17(8-10-18)11-12-19-16(3)4/h7-10,16,19H,5-6,11-15H2,1-4H3. The first-order valence-corrected chi connectivity index (χ1v) is 8.19.